The average Bonchev–Trinajstić information content (AvgIpc) is 2.26. The van der Waals surface area contributed by atoms with Gasteiger partial charge in [0.1, 0.15) is 18.5 Å². The van der Waals surface area contributed by atoms with Gasteiger partial charge in [0.2, 0.25) is 0 Å². The van der Waals surface area contributed by atoms with Crippen molar-refractivity contribution < 1.29 is 18.0 Å². The largest absolute Gasteiger partial charge is 0.364 e. The Morgan fingerprint density at radius 2 is 2.12 bits per heavy atom. The number of hydrogen-bond acceptors (Lipinski definition) is 4. The summed E-state index contributed by atoms with van der Waals surface area (Å²) in [7, 11) is 0. The molecule has 0 saturated heterocycles. The molecule has 0 aliphatic rings. The minimum atomic E-state index is -2.86. The zero-order valence-corrected chi connectivity index (χ0v) is 8.03. The Morgan fingerprint density at radius 3 is 2.50 bits per heavy atom. The third-order valence-corrected chi connectivity index (χ3v) is 1.72. The van der Waals surface area contributed by atoms with Crippen LogP contribution in [0.5, 0.6) is 0 Å². The first-order valence-corrected chi connectivity index (χ1v) is 4.28. The number of nitrogens with zero attached hydrogens (tertiary/aromatic N) is 2. The predicted octanol–water partition coefficient (Wildman–Crippen LogP) is 0.591. The average molecular weight is 234 g/mol. The molecule has 8 heteroatoms. The normalized spacial score (nSPS) is 12.5. The van der Waals surface area contributed by atoms with Gasteiger partial charge in [-0.05, 0) is 12.1 Å². The minimum Gasteiger partial charge on any atom is -0.364 e. The fraction of sp³-hybridized carbons (Fsp3) is 0.375. The summed E-state index contributed by atoms with van der Waals surface area (Å²) in [4.78, 5) is 10.6. The fourth-order valence-electron chi connectivity index (χ4n) is 0.900. The number of hydrogen-bond donors (Lipinski definition) is 2. The molecule has 5 nitrogen and oxygen atoms in total. The highest BCUT2D eigenvalue weighted by molar-refractivity contribution is 5.90. The molecule has 88 valence electrons. The molecule has 16 heavy (non-hydrogen) atoms. The first-order chi connectivity index (χ1) is 7.54. The first kappa shape index (κ1) is 12.2. The Hall–Kier alpha value is -1.86. The Morgan fingerprint density at radius 1 is 1.44 bits per heavy atom. The van der Waals surface area contributed by atoms with Crippen molar-refractivity contribution in [2.75, 3.05) is 12.0 Å². The second-order valence-electron chi connectivity index (χ2n) is 2.91. The van der Waals surface area contributed by atoms with E-state index < -0.39 is 25.0 Å². The van der Waals surface area contributed by atoms with Crippen LogP contribution < -0.4 is 11.1 Å². The Bertz CT molecular complexity index is 357. The summed E-state index contributed by atoms with van der Waals surface area (Å²) in [5.41, 5.74) is 4.80. The number of halogens is 3. The Kier molecular flexibility index (Phi) is 4.03. The number of amides is 1. The molecule has 1 atom stereocenters. The van der Waals surface area contributed by atoms with Gasteiger partial charge in [0.15, 0.2) is 5.69 Å². The van der Waals surface area contributed by atoms with Crippen LogP contribution in [0.1, 0.15) is 10.5 Å². The molecule has 1 aromatic rings. The summed E-state index contributed by atoms with van der Waals surface area (Å²) in [6.45, 7) is -1.24. The van der Waals surface area contributed by atoms with Crippen LogP contribution in [0.4, 0.5) is 19.0 Å². The molecule has 0 aliphatic carbocycles. The highest BCUT2D eigenvalue weighted by atomic mass is 19.3. The summed E-state index contributed by atoms with van der Waals surface area (Å²) in [5.74, 6) is -0.831. The number of rotatable bonds is 5. The van der Waals surface area contributed by atoms with Crippen molar-refractivity contribution in [1.29, 1.82) is 0 Å². The third kappa shape index (κ3) is 3.07. The van der Waals surface area contributed by atoms with Crippen molar-refractivity contribution in [1.82, 2.24) is 10.2 Å². The second-order valence-corrected chi connectivity index (χ2v) is 2.91. The molecular weight excluding hydrogens is 225 g/mol. The minimum absolute atomic E-state index is 0.0482. The molecule has 3 N–H and O–H groups in total. The lowest BCUT2D eigenvalue weighted by Gasteiger charge is -2.13. The van der Waals surface area contributed by atoms with E-state index in [1.807, 2.05) is 0 Å². The molecule has 0 fully saturated rings. The Balaban J connectivity index is 2.71. The van der Waals surface area contributed by atoms with Crippen LogP contribution in [-0.4, -0.2) is 35.2 Å². The van der Waals surface area contributed by atoms with Crippen LogP contribution in [0.2, 0.25) is 0 Å². The molecule has 1 unspecified atom stereocenters. The maximum absolute atomic E-state index is 12.2. The van der Waals surface area contributed by atoms with Gasteiger partial charge >= 0.3 is 0 Å². The summed E-state index contributed by atoms with van der Waals surface area (Å²) in [6, 6.07) is 0.782. The van der Waals surface area contributed by atoms with Gasteiger partial charge in [-0.1, -0.05) is 0 Å². The maximum Gasteiger partial charge on any atom is 0.269 e. The number of nitrogens with two attached hydrogens (primary N) is 1. The molecule has 0 aromatic carbocycles. The van der Waals surface area contributed by atoms with Gasteiger partial charge in [-0.15, -0.1) is 10.2 Å². The van der Waals surface area contributed by atoms with Gasteiger partial charge in [-0.2, -0.15) is 0 Å². The molecule has 0 spiro atoms. The van der Waals surface area contributed by atoms with E-state index in [1.54, 1.807) is 0 Å². The summed E-state index contributed by atoms with van der Waals surface area (Å²) in [5, 5.41) is 8.92. The monoisotopic (exact) mass is 234 g/mol. The Labute approximate surface area is 88.8 Å². The molecule has 1 rings (SSSR count). The molecule has 0 radical (unpaired) electrons. The van der Waals surface area contributed by atoms with Gasteiger partial charge in [0, 0.05) is 0 Å². The van der Waals surface area contributed by atoms with E-state index >= 15 is 0 Å². The second kappa shape index (κ2) is 5.29. The van der Waals surface area contributed by atoms with Gasteiger partial charge in [0.25, 0.3) is 12.3 Å². The standard InChI is InChI=1S/C8H9F3N4O/c9-3-5(7(10)11)13-6-2-1-4(8(12)16)14-15-6/h1-2,5,7H,3H2,(H2,12,16)(H,13,15). The lowest BCUT2D eigenvalue weighted by Crippen LogP contribution is -2.30. The zero-order valence-electron chi connectivity index (χ0n) is 8.03. The van der Waals surface area contributed by atoms with Crippen LogP contribution in [0.25, 0.3) is 0 Å². The maximum atomic E-state index is 12.2. The molecule has 0 saturated carbocycles. The van der Waals surface area contributed by atoms with Gasteiger partial charge in [0.05, 0.1) is 0 Å². The van der Waals surface area contributed by atoms with E-state index in [4.69, 9.17) is 5.73 Å². The molecule has 0 aliphatic heterocycles. The van der Waals surface area contributed by atoms with E-state index in [9.17, 15) is 18.0 Å². The number of primary amides is 1. The van der Waals surface area contributed by atoms with E-state index in [-0.39, 0.29) is 11.5 Å². The number of alkyl halides is 3. The molecule has 0 bridgehead atoms. The third-order valence-electron chi connectivity index (χ3n) is 1.72. The van der Waals surface area contributed by atoms with Crippen molar-refractivity contribution in [2.24, 2.45) is 5.73 Å². The quantitative estimate of drug-likeness (QED) is 0.781. The summed E-state index contributed by atoms with van der Waals surface area (Å²) >= 11 is 0. The number of anilines is 1. The van der Waals surface area contributed by atoms with Crippen molar-refractivity contribution in [2.45, 2.75) is 12.5 Å². The van der Waals surface area contributed by atoms with Crippen molar-refractivity contribution in [3.63, 3.8) is 0 Å². The van der Waals surface area contributed by atoms with Gasteiger partial charge < -0.3 is 11.1 Å². The van der Waals surface area contributed by atoms with Crippen LogP contribution in [-0.2, 0) is 0 Å². The fourth-order valence-corrected chi connectivity index (χ4v) is 0.900. The van der Waals surface area contributed by atoms with Crippen LogP contribution >= 0.6 is 0 Å². The predicted molar refractivity (Wildman–Crippen MR) is 49.9 cm³/mol. The SMILES string of the molecule is NC(=O)c1ccc(NC(CF)C(F)F)nn1. The highest BCUT2D eigenvalue weighted by Gasteiger charge is 2.20. The summed E-state index contributed by atoms with van der Waals surface area (Å²) in [6.07, 6.45) is -2.86. The van der Waals surface area contributed by atoms with E-state index in [2.05, 4.69) is 15.5 Å². The first-order valence-electron chi connectivity index (χ1n) is 4.28. The summed E-state index contributed by atoms with van der Waals surface area (Å²) < 4.78 is 36.5. The lowest BCUT2D eigenvalue weighted by molar-refractivity contribution is 0.0993. The van der Waals surface area contributed by atoms with E-state index in [0.717, 1.165) is 0 Å². The molecule has 1 amide bonds. The molecule has 1 aromatic heterocycles. The van der Waals surface area contributed by atoms with Crippen molar-refractivity contribution in [3.05, 3.63) is 17.8 Å². The number of carbonyl (C=O) groups is 1. The van der Waals surface area contributed by atoms with Gasteiger partial charge in [-0.3, -0.25) is 4.79 Å². The topological polar surface area (TPSA) is 80.9 Å². The van der Waals surface area contributed by atoms with Crippen LogP contribution in [0.15, 0.2) is 12.1 Å². The number of aromatic nitrogens is 2. The van der Waals surface area contributed by atoms with E-state index in [0.29, 0.717) is 0 Å². The smallest absolute Gasteiger partial charge is 0.269 e. The van der Waals surface area contributed by atoms with Crippen molar-refractivity contribution in [3.8, 4) is 0 Å². The molecular formula is C8H9F3N4O. The number of nitrogens with one attached hydrogen (secondary N) is 1. The zero-order chi connectivity index (χ0) is 12.1. The lowest BCUT2D eigenvalue weighted by atomic mass is 10.3. The highest BCUT2D eigenvalue weighted by Crippen LogP contribution is 2.09. The van der Waals surface area contributed by atoms with Crippen LogP contribution in [0, 0.1) is 0 Å². The van der Waals surface area contributed by atoms with Gasteiger partial charge in [-0.25, -0.2) is 13.2 Å². The van der Waals surface area contributed by atoms with Crippen molar-refractivity contribution >= 4 is 11.7 Å². The molecule has 1 heterocycles. The van der Waals surface area contributed by atoms with Crippen LogP contribution in [0.3, 0.4) is 0 Å². The number of carbonyl (C=O) groups excluding carboxylic acids is 1. The van der Waals surface area contributed by atoms with E-state index in [1.165, 1.54) is 12.1 Å².